The SMILES string of the molecule is CCCCCCCCCCCC[N+](CCCCCCCCCCCC)=C1C=C/C(=C2/C(=O)C(c3csc(C)c3)=C2O)N=C1. The molecule has 0 spiro atoms. The molecule has 0 saturated carbocycles. The summed E-state index contributed by atoms with van der Waals surface area (Å²) in [5, 5.41) is 12.7. The molecule has 0 amide bonds. The van der Waals surface area contributed by atoms with Crippen molar-refractivity contribution in [3.05, 3.63) is 51.1 Å². The van der Waals surface area contributed by atoms with E-state index in [-0.39, 0.29) is 11.5 Å². The van der Waals surface area contributed by atoms with Crippen LogP contribution in [0.25, 0.3) is 5.57 Å². The van der Waals surface area contributed by atoms with Gasteiger partial charge in [-0.15, -0.1) is 11.3 Å². The number of aryl methyl sites for hydroxylation is 1. The molecule has 1 aromatic heterocycles. The number of nitrogens with zero attached hydrogens (tertiary/aromatic N) is 2. The smallest absolute Gasteiger partial charge is 0.218 e. The van der Waals surface area contributed by atoms with Gasteiger partial charge in [0.25, 0.3) is 0 Å². The van der Waals surface area contributed by atoms with Gasteiger partial charge in [-0.25, -0.2) is 9.57 Å². The van der Waals surface area contributed by atoms with Crippen LogP contribution in [0.5, 0.6) is 0 Å². The van der Waals surface area contributed by atoms with Gasteiger partial charge in [-0.2, -0.15) is 0 Å². The van der Waals surface area contributed by atoms with E-state index in [1.807, 2.05) is 30.7 Å². The third-order valence-corrected chi connectivity index (χ3v) is 9.74. The molecule has 2 aliphatic rings. The molecule has 5 heteroatoms. The minimum atomic E-state index is -0.108. The van der Waals surface area contributed by atoms with Crippen molar-refractivity contribution in [3.63, 3.8) is 0 Å². The summed E-state index contributed by atoms with van der Waals surface area (Å²) in [5.41, 5.74) is 3.28. The first-order chi connectivity index (χ1) is 21.1. The Balaban J connectivity index is 1.52. The number of rotatable bonds is 23. The number of hydrogen-bond acceptors (Lipinski definition) is 4. The number of ketones is 1. The summed E-state index contributed by atoms with van der Waals surface area (Å²) < 4.78 is 2.49. The number of aliphatic imine (C=N–C) groups is 1. The number of carbonyl (C=O) groups excluding carboxylic acids is 1. The number of hydrogen-bond donors (Lipinski definition) is 1. The molecule has 1 aliphatic carbocycles. The average molecular weight is 608 g/mol. The maximum atomic E-state index is 12.9. The summed E-state index contributed by atoms with van der Waals surface area (Å²) in [7, 11) is 0. The molecule has 1 aliphatic heterocycles. The number of carbonyl (C=O) groups is 1. The minimum absolute atomic E-state index is 0.0793. The van der Waals surface area contributed by atoms with Crippen LogP contribution >= 0.6 is 11.3 Å². The van der Waals surface area contributed by atoms with Crippen molar-refractivity contribution in [3.8, 4) is 0 Å². The van der Waals surface area contributed by atoms with Crippen molar-refractivity contribution in [1.82, 2.24) is 0 Å². The Morgan fingerprint density at radius 2 is 1.19 bits per heavy atom. The van der Waals surface area contributed by atoms with Crippen LogP contribution in [0.15, 0.2) is 45.6 Å². The highest BCUT2D eigenvalue weighted by molar-refractivity contribution is 7.10. The fourth-order valence-electron chi connectivity index (χ4n) is 6.15. The first kappa shape index (κ1) is 35.2. The zero-order valence-corrected chi connectivity index (χ0v) is 28.4. The van der Waals surface area contributed by atoms with Gasteiger partial charge in [-0.1, -0.05) is 117 Å². The van der Waals surface area contributed by atoms with Crippen LogP contribution in [-0.2, 0) is 4.79 Å². The summed E-state index contributed by atoms with van der Waals surface area (Å²) in [6.45, 7) is 8.68. The van der Waals surface area contributed by atoms with E-state index in [0.717, 1.165) is 29.2 Å². The average Bonchev–Trinajstić information content (AvgIpc) is 3.43. The second kappa shape index (κ2) is 20.6. The van der Waals surface area contributed by atoms with Crippen LogP contribution in [0, 0.1) is 6.92 Å². The van der Waals surface area contributed by atoms with E-state index in [2.05, 4.69) is 29.5 Å². The summed E-state index contributed by atoms with van der Waals surface area (Å²) >= 11 is 1.59. The fourth-order valence-corrected chi connectivity index (χ4v) is 6.85. The molecule has 1 aromatic rings. The second-order valence-electron chi connectivity index (χ2n) is 12.6. The highest BCUT2D eigenvalue weighted by Gasteiger charge is 2.37. The van der Waals surface area contributed by atoms with Crippen LogP contribution in [0.3, 0.4) is 0 Å². The van der Waals surface area contributed by atoms with Crippen molar-refractivity contribution < 1.29 is 14.5 Å². The molecule has 3 rings (SSSR count). The van der Waals surface area contributed by atoms with Gasteiger partial charge in [0.15, 0.2) is 0 Å². The Hall–Kier alpha value is -2.27. The lowest BCUT2D eigenvalue weighted by atomic mass is 9.83. The van der Waals surface area contributed by atoms with Crippen LogP contribution < -0.4 is 0 Å². The molecule has 43 heavy (non-hydrogen) atoms. The van der Waals surface area contributed by atoms with E-state index < -0.39 is 0 Å². The number of allylic oxidation sites excluding steroid dienone is 4. The highest BCUT2D eigenvalue weighted by Crippen LogP contribution is 2.39. The number of aliphatic hydroxyl groups is 1. The topological polar surface area (TPSA) is 52.7 Å². The molecule has 1 N–H and O–H groups in total. The molecular formula is C38H59N2O2S+. The van der Waals surface area contributed by atoms with E-state index in [9.17, 15) is 9.90 Å². The van der Waals surface area contributed by atoms with E-state index >= 15 is 0 Å². The Morgan fingerprint density at radius 3 is 1.58 bits per heavy atom. The first-order valence-corrected chi connectivity index (χ1v) is 18.6. The van der Waals surface area contributed by atoms with Crippen LogP contribution in [0.2, 0.25) is 0 Å². The molecule has 238 valence electrons. The zero-order chi connectivity index (χ0) is 30.7. The molecule has 0 aromatic carbocycles. The number of thiophene rings is 1. The van der Waals surface area contributed by atoms with Crippen LogP contribution in [0.4, 0.5) is 0 Å². The van der Waals surface area contributed by atoms with E-state index in [1.54, 1.807) is 11.3 Å². The molecule has 2 heterocycles. The lowest BCUT2D eigenvalue weighted by Crippen LogP contribution is -2.26. The largest absolute Gasteiger partial charge is 0.506 e. The van der Waals surface area contributed by atoms with E-state index in [4.69, 9.17) is 0 Å². The third kappa shape index (κ3) is 12.0. The Kier molecular flexibility index (Phi) is 16.9. The van der Waals surface area contributed by atoms with Crippen LogP contribution in [0.1, 0.15) is 153 Å². The van der Waals surface area contributed by atoms with Gasteiger partial charge in [-0.05, 0) is 37.3 Å². The third-order valence-electron chi connectivity index (χ3n) is 8.88. The number of aliphatic hydroxyl groups excluding tert-OH is 1. The zero-order valence-electron chi connectivity index (χ0n) is 27.6. The monoisotopic (exact) mass is 607 g/mol. The summed E-state index contributed by atoms with van der Waals surface area (Å²) in [6.07, 6.45) is 32.8. The Labute approximate surface area is 266 Å². The van der Waals surface area contributed by atoms with Crippen molar-refractivity contribution in [2.45, 2.75) is 149 Å². The first-order valence-electron chi connectivity index (χ1n) is 17.7. The molecule has 0 saturated heterocycles. The molecule has 0 atom stereocenters. The predicted molar refractivity (Wildman–Crippen MR) is 187 cm³/mol. The van der Waals surface area contributed by atoms with Crippen LogP contribution in [-0.4, -0.2) is 40.5 Å². The van der Waals surface area contributed by atoms with Gasteiger partial charge in [0, 0.05) is 29.4 Å². The lowest BCUT2D eigenvalue weighted by molar-refractivity contribution is -0.526. The minimum Gasteiger partial charge on any atom is -0.506 e. The van der Waals surface area contributed by atoms with Gasteiger partial charge < -0.3 is 5.11 Å². The summed E-state index contributed by atoms with van der Waals surface area (Å²) in [6, 6.07) is 1.96. The van der Waals surface area contributed by atoms with E-state index in [0.29, 0.717) is 16.8 Å². The van der Waals surface area contributed by atoms with Gasteiger partial charge in [0.1, 0.15) is 18.8 Å². The van der Waals surface area contributed by atoms with Gasteiger partial charge >= 0.3 is 0 Å². The van der Waals surface area contributed by atoms with E-state index in [1.165, 1.54) is 128 Å². The molecule has 0 fully saturated rings. The summed E-state index contributed by atoms with van der Waals surface area (Å²) in [5.74, 6) is -0.0289. The maximum absolute atomic E-state index is 12.9. The van der Waals surface area contributed by atoms with Gasteiger partial charge in [-0.3, -0.25) is 4.79 Å². The standard InChI is InChI=1S/C38H58N2O2S/c1-4-6-8-10-12-14-16-18-20-22-26-40(27-23-21-19-17-15-13-11-9-7-5-2)33-24-25-34(39-29-33)36-37(41)35(38(36)42)32-28-31(3)43-30-32/h24-25,28-30H,4-23,26-27H2,1-3H3/p+1. The number of unbranched alkanes of at least 4 members (excludes halogenated alkanes) is 18. The molecule has 0 bridgehead atoms. The van der Waals surface area contributed by atoms with Crippen molar-refractivity contribution in [2.75, 3.05) is 13.1 Å². The van der Waals surface area contributed by atoms with Gasteiger partial charge in [0.05, 0.1) is 23.1 Å². The summed E-state index contributed by atoms with van der Waals surface area (Å²) in [4.78, 5) is 18.7. The Bertz CT molecular complexity index is 1110. The fraction of sp³-hybridized carbons (Fsp3) is 0.658. The maximum Gasteiger partial charge on any atom is 0.218 e. The van der Waals surface area contributed by atoms with Gasteiger partial charge in [0.2, 0.25) is 11.5 Å². The molecule has 4 nitrogen and oxygen atoms in total. The van der Waals surface area contributed by atoms with Crippen molar-refractivity contribution in [2.24, 2.45) is 4.99 Å². The molecule has 0 unspecified atom stereocenters. The lowest BCUT2D eigenvalue weighted by Gasteiger charge is -2.22. The normalized spacial score (nSPS) is 16.4. The molecule has 0 radical (unpaired) electrons. The van der Waals surface area contributed by atoms with Crippen molar-refractivity contribution in [1.29, 1.82) is 0 Å². The second-order valence-corrected chi connectivity index (χ2v) is 13.7. The Morgan fingerprint density at radius 1 is 0.698 bits per heavy atom. The molecular weight excluding hydrogens is 548 g/mol. The quantitative estimate of drug-likeness (QED) is 0.0764. The number of dihydropyridines is 1. The number of Topliss-reactive ketones (excluding diaryl/α,β-unsaturated/α-hetero) is 1. The highest BCUT2D eigenvalue weighted by atomic mass is 32.1. The van der Waals surface area contributed by atoms with Crippen molar-refractivity contribution >= 4 is 34.6 Å². The predicted octanol–water partition coefficient (Wildman–Crippen LogP) is 11.1.